The lowest BCUT2D eigenvalue weighted by Gasteiger charge is -2.14. The van der Waals surface area contributed by atoms with E-state index in [-0.39, 0.29) is 24.5 Å². The lowest BCUT2D eigenvalue weighted by atomic mass is 10.3. The highest BCUT2D eigenvalue weighted by molar-refractivity contribution is 5.95. The zero-order valence-corrected chi connectivity index (χ0v) is 11.5. The lowest BCUT2D eigenvalue weighted by molar-refractivity contribution is -0.123. The van der Waals surface area contributed by atoms with E-state index in [9.17, 15) is 9.59 Å². The average Bonchev–Trinajstić information content (AvgIpc) is 2.37. The molecular weight excluding hydrogens is 244 g/mol. The molecule has 0 unspecified atom stereocenters. The van der Waals surface area contributed by atoms with E-state index in [4.69, 9.17) is 4.74 Å². The van der Waals surface area contributed by atoms with Gasteiger partial charge in [-0.05, 0) is 26.0 Å². The van der Waals surface area contributed by atoms with Gasteiger partial charge in [-0.25, -0.2) is 0 Å². The van der Waals surface area contributed by atoms with Crippen LogP contribution in [0.25, 0.3) is 0 Å². The van der Waals surface area contributed by atoms with E-state index < -0.39 is 0 Å². The lowest BCUT2D eigenvalue weighted by Crippen LogP contribution is -2.32. The summed E-state index contributed by atoms with van der Waals surface area (Å²) in [5.74, 6) is 0.191. The highest BCUT2D eigenvalue weighted by Gasteiger charge is 2.09. The van der Waals surface area contributed by atoms with E-state index in [2.05, 4.69) is 10.6 Å². The van der Waals surface area contributed by atoms with Crippen molar-refractivity contribution < 1.29 is 14.3 Å². The maximum Gasteiger partial charge on any atom is 0.243 e. The molecule has 2 N–H and O–H groups in total. The number of amides is 2. The highest BCUT2D eigenvalue weighted by atomic mass is 16.5. The molecule has 19 heavy (non-hydrogen) atoms. The van der Waals surface area contributed by atoms with E-state index in [0.29, 0.717) is 17.9 Å². The van der Waals surface area contributed by atoms with Crippen molar-refractivity contribution in [2.45, 2.75) is 33.3 Å². The molecule has 0 spiro atoms. The molecule has 0 aliphatic rings. The molecule has 0 aromatic heterocycles. The van der Waals surface area contributed by atoms with Crippen LogP contribution in [0.5, 0.6) is 5.75 Å². The van der Waals surface area contributed by atoms with Gasteiger partial charge in [-0.1, -0.05) is 19.1 Å². The van der Waals surface area contributed by atoms with Gasteiger partial charge in [0, 0.05) is 6.42 Å². The van der Waals surface area contributed by atoms with Gasteiger partial charge in [0.05, 0.1) is 18.3 Å². The third-order valence-corrected chi connectivity index (χ3v) is 2.29. The Balaban J connectivity index is 2.61. The third kappa shape index (κ3) is 5.42. The standard InChI is InChI=1S/C14H20N2O3/c1-4-13(17)15-9-14(18)16-11-7-5-6-8-12(11)19-10(2)3/h5-8,10H,4,9H2,1-3H3,(H,15,17)(H,16,18). The van der Waals surface area contributed by atoms with Crippen LogP contribution in [-0.4, -0.2) is 24.5 Å². The van der Waals surface area contributed by atoms with E-state index >= 15 is 0 Å². The molecule has 1 aromatic rings. The minimum absolute atomic E-state index is 0.0258. The summed E-state index contributed by atoms with van der Waals surface area (Å²) >= 11 is 0. The molecule has 104 valence electrons. The quantitative estimate of drug-likeness (QED) is 0.825. The first-order chi connectivity index (χ1) is 9.02. The van der Waals surface area contributed by atoms with Crippen molar-refractivity contribution in [2.75, 3.05) is 11.9 Å². The van der Waals surface area contributed by atoms with Crippen LogP contribution in [0.3, 0.4) is 0 Å². The fourth-order valence-electron chi connectivity index (χ4n) is 1.42. The minimum atomic E-state index is -0.276. The Hall–Kier alpha value is -2.04. The van der Waals surface area contributed by atoms with Crippen LogP contribution in [0.4, 0.5) is 5.69 Å². The zero-order chi connectivity index (χ0) is 14.3. The topological polar surface area (TPSA) is 67.4 Å². The van der Waals surface area contributed by atoms with E-state index in [1.165, 1.54) is 0 Å². The Morgan fingerprint density at radius 2 is 1.89 bits per heavy atom. The predicted octanol–water partition coefficient (Wildman–Crippen LogP) is 1.94. The molecule has 0 saturated carbocycles. The van der Waals surface area contributed by atoms with Gasteiger partial charge in [-0.15, -0.1) is 0 Å². The number of carbonyl (C=O) groups excluding carboxylic acids is 2. The summed E-state index contributed by atoms with van der Waals surface area (Å²) < 4.78 is 5.59. The summed E-state index contributed by atoms with van der Waals surface area (Å²) in [5.41, 5.74) is 0.604. The summed E-state index contributed by atoms with van der Waals surface area (Å²) in [7, 11) is 0. The molecule has 1 rings (SSSR count). The number of nitrogens with one attached hydrogen (secondary N) is 2. The fourth-order valence-corrected chi connectivity index (χ4v) is 1.42. The third-order valence-electron chi connectivity index (χ3n) is 2.29. The molecule has 0 aliphatic carbocycles. The van der Waals surface area contributed by atoms with Crippen molar-refractivity contribution in [3.05, 3.63) is 24.3 Å². The molecule has 0 bridgehead atoms. The van der Waals surface area contributed by atoms with Crippen LogP contribution in [-0.2, 0) is 9.59 Å². The van der Waals surface area contributed by atoms with E-state index in [1.54, 1.807) is 19.1 Å². The molecule has 0 heterocycles. The Morgan fingerprint density at radius 1 is 1.21 bits per heavy atom. The van der Waals surface area contributed by atoms with Gasteiger partial charge in [-0.2, -0.15) is 0 Å². The monoisotopic (exact) mass is 264 g/mol. The van der Waals surface area contributed by atoms with Gasteiger partial charge in [0.2, 0.25) is 11.8 Å². The summed E-state index contributed by atoms with van der Waals surface area (Å²) in [6.07, 6.45) is 0.387. The van der Waals surface area contributed by atoms with Crippen molar-refractivity contribution in [3.63, 3.8) is 0 Å². The first-order valence-corrected chi connectivity index (χ1v) is 6.35. The molecule has 0 fully saturated rings. The van der Waals surface area contributed by atoms with E-state index in [0.717, 1.165) is 0 Å². The second kappa shape index (κ2) is 7.41. The Kier molecular flexibility index (Phi) is 5.85. The number of benzene rings is 1. The highest BCUT2D eigenvalue weighted by Crippen LogP contribution is 2.24. The van der Waals surface area contributed by atoms with Crippen LogP contribution in [0.15, 0.2) is 24.3 Å². The second-order valence-electron chi connectivity index (χ2n) is 4.34. The fraction of sp³-hybridized carbons (Fsp3) is 0.429. The molecule has 5 heteroatoms. The van der Waals surface area contributed by atoms with Crippen LogP contribution in [0, 0.1) is 0 Å². The Labute approximate surface area is 113 Å². The number of rotatable bonds is 6. The van der Waals surface area contributed by atoms with E-state index in [1.807, 2.05) is 26.0 Å². The molecule has 5 nitrogen and oxygen atoms in total. The molecule has 1 aromatic carbocycles. The summed E-state index contributed by atoms with van der Waals surface area (Å²) in [6, 6.07) is 7.21. The van der Waals surface area contributed by atoms with Crippen molar-refractivity contribution >= 4 is 17.5 Å². The minimum Gasteiger partial charge on any atom is -0.489 e. The van der Waals surface area contributed by atoms with Crippen molar-refractivity contribution in [3.8, 4) is 5.75 Å². The normalized spacial score (nSPS) is 10.1. The predicted molar refractivity (Wildman–Crippen MR) is 74.1 cm³/mol. The molecule has 2 amide bonds. The summed E-state index contributed by atoms with van der Waals surface area (Å²) in [6.45, 7) is 5.53. The number of carbonyl (C=O) groups is 2. The molecule has 0 aliphatic heterocycles. The maximum atomic E-state index is 11.7. The summed E-state index contributed by atoms with van der Waals surface area (Å²) in [4.78, 5) is 22.8. The largest absolute Gasteiger partial charge is 0.489 e. The first-order valence-electron chi connectivity index (χ1n) is 6.35. The van der Waals surface area contributed by atoms with Crippen molar-refractivity contribution in [2.24, 2.45) is 0 Å². The van der Waals surface area contributed by atoms with Gasteiger partial charge in [0.15, 0.2) is 0 Å². The molecule has 0 saturated heterocycles. The van der Waals surface area contributed by atoms with Gasteiger partial charge in [0.25, 0.3) is 0 Å². The van der Waals surface area contributed by atoms with Gasteiger partial charge < -0.3 is 15.4 Å². The second-order valence-corrected chi connectivity index (χ2v) is 4.34. The van der Waals surface area contributed by atoms with Crippen LogP contribution < -0.4 is 15.4 Å². The average molecular weight is 264 g/mol. The number of para-hydroxylation sites is 2. The first kappa shape index (κ1) is 15.0. The molecule has 0 atom stereocenters. The van der Waals surface area contributed by atoms with Gasteiger partial charge in [0.1, 0.15) is 5.75 Å². The summed E-state index contributed by atoms with van der Waals surface area (Å²) in [5, 5.41) is 5.24. The molecular formula is C14H20N2O3. The number of hydrogen-bond donors (Lipinski definition) is 2. The van der Waals surface area contributed by atoms with Crippen molar-refractivity contribution in [1.82, 2.24) is 5.32 Å². The maximum absolute atomic E-state index is 11.7. The number of anilines is 1. The van der Waals surface area contributed by atoms with Gasteiger partial charge in [-0.3, -0.25) is 9.59 Å². The van der Waals surface area contributed by atoms with Crippen LogP contribution in [0.2, 0.25) is 0 Å². The smallest absolute Gasteiger partial charge is 0.243 e. The molecule has 0 radical (unpaired) electrons. The SMILES string of the molecule is CCC(=O)NCC(=O)Nc1ccccc1OC(C)C. The number of hydrogen-bond acceptors (Lipinski definition) is 3. The van der Waals surface area contributed by atoms with Crippen LogP contribution in [0.1, 0.15) is 27.2 Å². The number of ether oxygens (including phenoxy) is 1. The Bertz CT molecular complexity index is 444. The Morgan fingerprint density at radius 3 is 2.53 bits per heavy atom. The van der Waals surface area contributed by atoms with Gasteiger partial charge >= 0.3 is 0 Å². The van der Waals surface area contributed by atoms with Crippen molar-refractivity contribution in [1.29, 1.82) is 0 Å². The van der Waals surface area contributed by atoms with Crippen LogP contribution >= 0.6 is 0 Å². The zero-order valence-electron chi connectivity index (χ0n) is 11.5.